The Morgan fingerprint density at radius 2 is 1.53 bits per heavy atom. The van der Waals surface area contributed by atoms with Crippen LogP contribution in [0.25, 0.3) is 5.57 Å². The van der Waals surface area contributed by atoms with Crippen molar-refractivity contribution in [1.29, 1.82) is 0 Å². The molecule has 226 valence electrons. The molecule has 0 amide bonds. The smallest absolute Gasteiger partial charge is 0.429 e. The zero-order valence-electron chi connectivity index (χ0n) is 22.4. The van der Waals surface area contributed by atoms with Gasteiger partial charge in [-0.15, -0.1) is 0 Å². The summed E-state index contributed by atoms with van der Waals surface area (Å²) in [6.45, 7) is 0.690. The lowest BCUT2D eigenvalue weighted by Gasteiger charge is -2.20. The first kappa shape index (κ1) is 33.0. The van der Waals surface area contributed by atoms with E-state index in [4.69, 9.17) is 0 Å². The molecule has 0 aromatic heterocycles. The van der Waals surface area contributed by atoms with Crippen molar-refractivity contribution in [3.63, 3.8) is 0 Å². The molecule has 1 nitrogen and oxygen atoms in total. The minimum Gasteiger partial charge on any atom is -0.429 e. The van der Waals surface area contributed by atoms with E-state index in [0.717, 1.165) is 18.2 Å². The van der Waals surface area contributed by atoms with Crippen molar-refractivity contribution in [2.75, 3.05) is 6.67 Å². The monoisotopic (exact) mass is 612 g/mol. The van der Waals surface area contributed by atoms with Crippen molar-refractivity contribution < 1.29 is 48.6 Å². The van der Waals surface area contributed by atoms with Crippen molar-refractivity contribution in [2.45, 2.75) is 32.3 Å². The summed E-state index contributed by atoms with van der Waals surface area (Å²) in [6, 6.07) is 4.70. The summed E-state index contributed by atoms with van der Waals surface area (Å²) in [4.78, 5) is 0. The molecule has 0 saturated heterocycles. The number of alkyl halides is 3. The van der Waals surface area contributed by atoms with E-state index in [1.54, 1.807) is 13.0 Å². The van der Waals surface area contributed by atoms with E-state index in [0.29, 0.717) is 48.7 Å². The zero-order valence-corrected chi connectivity index (χ0v) is 22.4. The van der Waals surface area contributed by atoms with Crippen LogP contribution in [0, 0.1) is 40.9 Å². The van der Waals surface area contributed by atoms with Crippen LogP contribution in [0.2, 0.25) is 0 Å². The Balaban J connectivity index is 1.85. The van der Waals surface area contributed by atoms with Crippen LogP contribution in [0.15, 0.2) is 72.8 Å². The van der Waals surface area contributed by atoms with Crippen molar-refractivity contribution in [1.82, 2.24) is 0 Å². The SMILES string of the molecule is C/C=C/CCc1cc(F)c(C#Cc2cc(F)c(C(F)(F)Oc3ccc(C(/C=C(/F)CCF)=C/F)c(F)c3)c(F)c2)c(F)c1. The van der Waals surface area contributed by atoms with E-state index in [9.17, 15) is 43.9 Å². The maximum atomic E-state index is 14.8. The Hall–Kier alpha value is -4.46. The molecule has 0 N–H and O–H groups in total. The largest absolute Gasteiger partial charge is 0.432 e. The minimum atomic E-state index is -4.71. The molecular weight excluding hydrogens is 590 g/mol. The van der Waals surface area contributed by atoms with Gasteiger partial charge in [0.05, 0.1) is 18.6 Å². The Kier molecular flexibility index (Phi) is 11.2. The molecule has 3 rings (SSSR count). The number of hydrogen-bond donors (Lipinski definition) is 0. The molecule has 0 fully saturated rings. The van der Waals surface area contributed by atoms with Crippen LogP contribution in [0.3, 0.4) is 0 Å². The maximum Gasteiger partial charge on any atom is 0.432 e. The van der Waals surface area contributed by atoms with Crippen LogP contribution in [0.4, 0.5) is 43.9 Å². The van der Waals surface area contributed by atoms with Crippen LogP contribution in [-0.4, -0.2) is 6.67 Å². The van der Waals surface area contributed by atoms with Crippen LogP contribution in [0.5, 0.6) is 5.75 Å². The molecule has 0 heterocycles. The normalized spacial score (nSPS) is 12.4. The van der Waals surface area contributed by atoms with E-state index in [1.165, 1.54) is 0 Å². The van der Waals surface area contributed by atoms with Crippen molar-refractivity contribution >= 4 is 5.57 Å². The Morgan fingerprint density at radius 1 is 0.884 bits per heavy atom. The van der Waals surface area contributed by atoms with Crippen molar-refractivity contribution in [2.24, 2.45) is 0 Å². The van der Waals surface area contributed by atoms with Crippen LogP contribution < -0.4 is 4.74 Å². The fourth-order valence-electron chi connectivity index (χ4n) is 3.86. The molecule has 0 unspecified atom stereocenters. The molecule has 0 aliphatic carbocycles. The molecule has 43 heavy (non-hydrogen) atoms. The summed E-state index contributed by atoms with van der Waals surface area (Å²) >= 11 is 0. The molecular formula is C32H22F10O. The average Bonchev–Trinajstić information content (AvgIpc) is 2.91. The second-order valence-electron chi connectivity index (χ2n) is 8.96. The fourth-order valence-corrected chi connectivity index (χ4v) is 3.86. The third kappa shape index (κ3) is 8.53. The Morgan fingerprint density at radius 3 is 2.09 bits per heavy atom. The van der Waals surface area contributed by atoms with Gasteiger partial charge in [-0.2, -0.15) is 8.78 Å². The molecule has 0 spiro atoms. The number of rotatable bonds is 10. The van der Waals surface area contributed by atoms with Gasteiger partial charge >= 0.3 is 6.11 Å². The second kappa shape index (κ2) is 14.6. The Labute approximate surface area is 240 Å². The lowest BCUT2D eigenvalue weighted by Crippen LogP contribution is -2.25. The second-order valence-corrected chi connectivity index (χ2v) is 8.96. The Bertz CT molecular complexity index is 1580. The zero-order chi connectivity index (χ0) is 31.7. The van der Waals surface area contributed by atoms with Gasteiger partial charge in [0.25, 0.3) is 0 Å². The molecule has 0 bridgehead atoms. The van der Waals surface area contributed by atoms with Crippen molar-refractivity contribution in [3.05, 3.63) is 130 Å². The average molecular weight is 613 g/mol. The first-order valence-corrected chi connectivity index (χ1v) is 12.6. The molecule has 3 aromatic rings. The van der Waals surface area contributed by atoms with Gasteiger partial charge in [-0.05, 0) is 67.8 Å². The van der Waals surface area contributed by atoms with Gasteiger partial charge in [-0.25, -0.2) is 30.7 Å². The van der Waals surface area contributed by atoms with E-state index < -0.39 is 87.7 Å². The van der Waals surface area contributed by atoms with E-state index in [-0.39, 0.29) is 6.33 Å². The van der Waals surface area contributed by atoms with Crippen LogP contribution in [0.1, 0.15) is 47.6 Å². The van der Waals surface area contributed by atoms with E-state index >= 15 is 0 Å². The first-order chi connectivity index (χ1) is 20.4. The highest BCUT2D eigenvalue weighted by atomic mass is 19.3. The standard InChI is InChI=1S/C32H22F10O/c1-2-3-4-5-19-12-26(36)25(27(37)13-19)8-6-20-14-29(39)31(30(40)15-20)32(41,42)43-23-7-9-24(28(38)17-23)21(18-34)16-22(35)10-11-33/h2-3,7,9,12-18H,4-5,10-11H2,1H3/b3-2+,21-18+,22-16+. The number of halogens is 10. The topological polar surface area (TPSA) is 9.23 Å². The highest BCUT2D eigenvalue weighted by Gasteiger charge is 2.41. The van der Waals surface area contributed by atoms with Gasteiger partial charge < -0.3 is 4.74 Å². The van der Waals surface area contributed by atoms with E-state index in [2.05, 4.69) is 16.6 Å². The molecule has 11 heteroatoms. The molecule has 0 aliphatic heterocycles. The predicted molar refractivity (Wildman–Crippen MR) is 142 cm³/mol. The summed E-state index contributed by atoms with van der Waals surface area (Å²) in [5, 5.41) is 0. The quantitative estimate of drug-likeness (QED) is 0.0959. The summed E-state index contributed by atoms with van der Waals surface area (Å²) in [6.07, 6.45) is -0.614. The molecule has 0 radical (unpaired) electrons. The van der Waals surface area contributed by atoms with Crippen molar-refractivity contribution in [3.8, 4) is 17.6 Å². The predicted octanol–water partition coefficient (Wildman–Crippen LogP) is 9.94. The highest BCUT2D eigenvalue weighted by Crippen LogP contribution is 2.36. The number of hydrogen-bond acceptors (Lipinski definition) is 1. The van der Waals surface area contributed by atoms with Crippen LogP contribution in [-0.2, 0) is 12.5 Å². The van der Waals surface area contributed by atoms with E-state index in [1.807, 2.05) is 6.08 Å². The number of aryl methyl sites for hydroxylation is 1. The lowest BCUT2D eigenvalue weighted by atomic mass is 10.0. The van der Waals surface area contributed by atoms with Gasteiger partial charge in [0, 0.05) is 29.2 Å². The van der Waals surface area contributed by atoms with Gasteiger partial charge in [0.1, 0.15) is 46.2 Å². The first-order valence-electron chi connectivity index (χ1n) is 12.6. The summed E-state index contributed by atoms with van der Waals surface area (Å²) < 4.78 is 146. The van der Waals surface area contributed by atoms with Gasteiger partial charge in [-0.3, -0.25) is 4.39 Å². The van der Waals surface area contributed by atoms with Gasteiger partial charge in [-0.1, -0.05) is 24.0 Å². The highest BCUT2D eigenvalue weighted by molar-refractivity contribution is 5.74. The summed E-state index contributed by atoms with van der Waals surface area (Å²) in [7, 11) is 0. The number of benzene rings is 3. The van der Waals surface area contributed by atoms with Gasteiger partial charge in [0.2, 0.25) is 0 Å². The number of ether oxygens (including phenoxy) is 1. The fraction of sp³-hybridized carbons (Fsp3) is 0.188. The maximum absolute atomic E-state index is 14.8. The number of allylic oxidation sites excluding steroid dienone is 5. The minimum absolute atomic E-state index is 0.190. The molecule has 0 aliphatic rings. The van der Waals surface area contributed by atoms with Crippen LogP contribution >= 0.6 is 0 Å². The molecule has 0 atom stereocenters. The summed E-state index contributed by atoms with van der Waals surface area (Å²) in [5.74, 6) is -4.87. The lowest BCUT2D eigenvalue weighted by molar-refractivity contribution is -0.189. The summed E-state index contributed by atoms with van der Waals surface area (Å²) in [5.41, 5.74) is -3.99. The third-order valence-corrected chi connectivity index (χ3v) is 5.86. The van der Waals surface area contributed by atoms with Gasteiger partial charge in [0.15, 0.2) is 0 Å². The third-order valence-electron chi connectivity index (χ3n) is 5.86. The molecule has 0 saturated carbocycles. The molecule has 3 aromatic carbocycles.